The SMILES string of the molecule is C=CCn1c(COc2cc(C)c(Cl)c(C)c2)nnc1SCC(=O)Nc1sc2c(c1C#N)CCC(CC)C2. The van der Waals surface area contributed by atoms with Crippen LogP contribution in [0.3, 0.4) is 0 Å². The number of hydrogen-bond acceptors (Lipinski definition) is 7. The van der Waals surface area contributed by atoms with E-state index in [1.54, 1.807) is 17.4 Å². The Labute approximate surface area is 230 Å². The van der Waals surface area contributed by atoms with Crippen molar-refractivity contribution in [2.75, 3.05) is 11.1 Å². The number of amides is 1. The fourth-order valence-corrected chi connectivity index (χ4v) is 6.69. The van der Waals surface area contributed by atoms with E-state index >= 15 is 0 Å². The lowest BCUT2D eigenvalue weighted by molar-refractivity contribution is -0.113. The molecule has 1 unspecified atom stereocenters. The second-order valence-electron chi connectivity index (χ2n) is 9.13. The second kappa shape index (κ2) is 12.2. The van der Waals surface area contributed by atoms with Crippen molar-refractivity contribution in [2.24, 2.45) is 5.92 Å². The van der Waals surface area contributed by atoms with Crippen LogP contribution >= 0.6 is 34.7 Å². The zero-order valence-corrected chi connectivity index (χ0v) is 23.7. The number of carbonyl (C=O) groups is 1. The highest BCUT2D eigenvalue weighted by Crippen LogP contribution is 2.40. The first-order valence-electron chi connectivity index (χ1n) is 12.2. The van der Waals surface area contributed by atoms with Gasteiger partial charge in [0.05, 0.1) is 11.3 Å². The molecule has 1 N–H and O–H groups in total. The summed E-state index contributed by atoms with van der Waals surface area (Å²) in [6, 6.07) is 6.10. The van der Waals surface area contributed by atoms with Crippen molar-refractivity contribution >= 4 is 45.6 Å². The lowest BCUT2D eigenvalue weighted by Crippen LogP contribution is -2.15. The maximum Gasteiger partial charge on any atom is 0.235 e. The number of hydrogen-bond donors (Lipinski definition) is 1. The molecule has 37 heavy (non-hydrogen) atoms. The quantitative estimate of drug-likeness (QED) is 0.227. The minimum absolute atomic E-state index is 0.150. The smallest absolute Gasteiger partial charge is 0.235 e. The Balaban J connectivity index is 1.41. The number of allylic oxidation sites excluding steroid dienone is 1. The Hall–Kier alpha value is -2.80. The summed E-state index contributed by atoms with van der Waals surface area (Å²) in [7, 11) is 0. The van der Waals surface area contributed by atoms with Crippen molar-refractivity contribution in [3.05, 3.63) is 62.8 Å². The van der Waals surface area contributed by atoms with Crippen molar-refractivity contribution in [3.8, 4) is 11.8 Å². The number of benzene rings is 1. The van der Waals surface area contributed by atoms with E-state index in [2.05, 4.69) is 35.1 Å². The summed E-state index contributed by atoms with van der Waals surface area (Å²) in [6.07, 6.45) is 5.88. The number of halogens is 1. The molecule has 10 heteroatoms. The lowest BCUT2D eigenvalue weighted by atomic mass is 9.86. The second-order valence-corrected chi connectivity index (χ2v) is 11.6. The third-order valence-electron chi connectivity index (χ3n) is 6.52. The molecule has 0 saturated heterocycles. The van der Waals surface area contributed by atoms with E-state index in [1.165, 1.54) is 16.6 Å². The van der Waals surface area contributed by atoms with Crippen LogP contribution < -0.4 is 10.1 Å². The number of ether oxygens (including phenoxy) is 1. The molecule has 0 spiro atoms. The number of carbonyl (C=O) groups excluding carboxylic acids is 1. The van der Waals surface area contributed by atoms with Gasteiger partial charge in [-0.3, -0.25) is 9.36 Å². The van der Waals surface area contributed by atoms with Crippen molar-refractivity contribution in [3.63, 3.8) is 0 Å². The van der Waals surface area contributed by atoms with Crippen LogP contribution in [0.1, 0.15) is 52.7 Å². The van der Waals surface area contributed by atoms with Gasteiger partial charge in [0, 0.05) is 16.4 Å². The zero-order chi connectivity index (χ0) is 26.5. The monoisotopic (exact) mass is 555 g/mol. The predicted molar refractivity (Wildman–Crippen MR) is 150 cm³/mol. The van der Waals surface area contributed by atoms with Gasteiger partial charge in [-0.2, -0.15) is 5.26 Å². The maximum absolute atomic E-state index is 12.8. The van der Waals surface area contributed by atoms with E-state index in [0.29, 0.717) is 39.8 Å². The van der Waals surface area contributed by atoms with Gasteiger partial charge in [-0.15, -0.1) is 28.1 Å². The van der Waals surface area contributed by atoms with Crippen LogP contribution in [0.5, 0.6) is 5.75 Å². The number of anilines is 1. The van der Waals surface area contributed by atoms with Gasteiger partial charge >= 0.3 is 0 Å². The van der Waals surface area contributed by atoms with E-state index in [0.717, 1.165) is 47.4 Å². The molecule has 1 amide bonds. The standard InChI is InChI=1S/C27H30ClN5O2S2/c1-5-9-33-23(14-35-19-10-16(3)25(28)17(4)11-19)31-32-27(33)36-15-24(34)30-26-21(13-29)20-8-7-18(6-2)12-22(20)37-26/h5,10-11,18H,1,6-9,12,14-15H2,2-4H3,(H,30,34). The fourth-order valence-electron chi connectivity index (χ4n) is 4.48. The van der Waals surface area contributed by atoms with Gasteiger partial charge in [0.25, 0.3) is 0 Å². The molecule has 1 aromatic carbocycles. The van der Waals surface area contributed by atoms with Crippen LogP contribution in [-0.4, -0.2) is 26.4 Å². The molecule has 0 saturated carbocycles. The normalized spacial score (nSPS) is 14.6. The van der Waals surface area contributed by atoms with Gasteiger partial charge in [0.1, 0.15) is 23.4 Å². The first kappa shape index (κ1) is 27.2. The Morgan fingerprint density at radius 3 is 2.84 bits per heavy atom. The Bertz CT molecular complexity index is 1330. The van der Waals surface area contributed by atoms with Crippen molar-refractivity contribution in [1.29, 1.82) is 5.26 Å². The third-order valence-corrected chi connectivity index (χ3v) is 9.26. The van der Waals surface area contributed by atoms with E-state index < -0.39 is 0 Å². The average molecular weight is 556 g/mol. The summed E-state index contributed by atoms with van der Waals surface area (Å²) in [4.78, 5) is 14.1. The number of aromatic nitrogens is 3. The van der Waals surface area contributed by atoms with Crippen molar-refractivity contribution in [2.45, 2.75) is 64.8 Å². The molecule has 194 valence electrons. The van der Waals surface area contributed by atoms with E-state index in [1.807, 2.05) is 30.5 Å². The lowest BCUT2D eigenvalue weighted by Gasteiger charge is -2.20. The molecule has 3 aromatic rings. The number of nitriles is 1. The van der Waals surface area contributed by atoms with Gasteiger partial charge in [-0.25, -0.2) is 0 Å². The number of fused-ring (bicyclic) bond motifs is 1. The topological polar surface area (TPSA) is 92.8 Å². The summed E-state index contributed by atoms with van der Waals surface area (Å²) in [5.74, 6) is 1.97. The fraction of sp³-hybridized carbons (Fsp3) is 0.407. The van der Waals surface area contributed by atoms with Gasteiger partial charge in [-0.05, 0) is 67.9 Å². The summed E-state index contributed by atoms with van der Waals surface area (Å²) in [6.45, 7) is 10.6. The number of thiophene rings is 1. The Morgan fingerprint density at radius 1 is 1.41 bits per heavy atom. The molecule has 2 aromatic heterocycles. The molecule has 7 nitrogen and oxygen atoms in total. The van der Waals surface area contributed by atoms with E-state index in [-0.39, 0.29) is 18.3 Å². The van der Waals surface area contributed by atoms with Crippen LogP contribution in [0, 0.1) is 31.1 Å². The first-order chi connectivity index (χ1) is 17.8. The number of thioether (sulfide) groups is 1. The average Bonchev–Trinajstić information content (AvgIpc) is 3.43. The van der Waals surface area contributed by atoms with Gasteiger partial charge in [0.15, 0.2) is 11.0 Å². The molecule has 0 bridgehead atoms. The Morgan fingerprint density at radius 2 is 2.16 bits per heavy atom. The molecular weight excluding hydrogens is 526 g/mol. The number of aryl methyl sites for hydroxylation is 2. The van der Waals surface area contributed by atoms with Gasteiger partial charge in [-0.1, -0.05) is 42.8 Å². The van der Waals surface area contributed by atoms with Crippen LogP contribution in [0.4, 0.5) is 5.00 Å². The first-order valence-corrected chi connectivity index (χ1v) is 14.4. The molecule has 4 rings (SSSR count). The molecule has 1 aliphatic rings. The van der Waals surface area contributed by atoms with Crippen LogP contribution in [0.15, 0.2) is 29.9 Å². The van der Waals surface area contributed by atoms with Gasteiger partial charge in [0.2, 0.25) is 5.91 Å². The highest BCUT2D eigenvalue weighted by Gasteiger charge is 2.26. The summed E-state index contributed by atoms with van der Waals surface area (Å²) in [5, 5.41) is 23.2. The minimum Gasteiger partial charge on any atom is -0.486 e. The molecule has 0 aliphatic heterocycles. The van der Waals surface area contributed by atoms with Crippen molar-refractivity contribution < 1.29 is 9.53 Å². The van der Waals surface area contributed by atoms with Crippen LogP contribution in [-0.2, 0) is 30.8 Å². The van der Waals surface area contributed by atoms with Crippen LogP contribution in [0.2, 0.25) is 5.02 Å². The Kier molecular flexibility index (Phi) is 8.95. The number of nitrogens with zero attached hydrogens (tertiary/aromatic N) is 4. The van der Waals surface area contributed by atoms with Gasteiger partial charge < -0.3 is 10.1 Å². The summed E-state index contributed by atoms with van der Waals surface area (Å²) < 4.78 is 7.85. The minimum atomic E-state index is -0.176. The molecular formula is C27H30ClN5O2S2. The summed E-state index contributed by atoms with van der Waals surface area (Å²) in [5.41, 5.74) is 3.63. The highest BCUT2D eigenvalue weighted by atomic mass is 35.5. The van der Waals surface area contributed by atoms with E-state index in [4.69, 9.17) is 16.3 Å². The van der Waals surface area contributed by atoms with Crippen molar-refractivity contribution in [1.82, 2.24) is 14.8 Å². The molecule has 0 radical (unpaired) electrons. The zero-order valence-electron chi connectivity index (χ0n) is 21.3. The summed E-state index contributed by atoms with van der Waals surface area (Å²) >= 11 is 9.10. The highest BCUT2D eigenvalue weighted by molar-refractivity contribution is 7.99. The maximum atomic E-state index is 12.8. The predicted octanol–water partition coefficient (Wildman–Crippen LogP) is 6.49. The number of nitrogens with one attached hydrogen (secondary N) is 1. The molecule has 1 atom stereocenters. The largest absolute Gasteiger partial charge is 0.486 e. The number of rotatable bonds is 10. The third kappa shape index (κ3) is 6.20. The molecule has 1 aliphatic carbocycles. The molecule has 0 fully saturated rings. The van der Waals surface area contributed by atoms with Crippen LogP contribution in [0.25, 0.3) is 0 Å². The van der Waals surface area contributed by atoms with E-state index in [9.17, 15) is 10.1 Å². The molecule has 2 heterocycles.